The van der Waals surface area contributed by atoms with Crippen LogP contribution in [0.5, 0.6) is 11.5 Å². The number of carbonyl (C=O) groups is 1. The molecule has 5 nitrogen and oxygen atoms in total. The summed E-state index contributed by atoms with van der Waals surface area (Å²) in [5, 5.41) is 5.77. The maximum Gasteiger partial charge on any atom is 0.264 e. The Morgan fingerprint density at radius 2 is 1.73 bits per heavy atom. The zero-order valence-electron chi connectivity index (χ0n) is 20.5. The number of benzene rings is 4. The molecule has 1 aliphatic rings. The number of aryl methyl sites for hydroxylation is 1. The Labute approximate surface area is 228 Å². The number of nitrogens with zero attached hydrogens (tertiary/aromatic N) is 1. The van der Waals surface area contributed by atoms with Gasteiger partial charge in [-0.3, -0.25) is 4.79 Å². The number of ether oxygens (including phenoxy) is 2. The van der Waals surface area contributed by atoms with Gasteiger partial charge in [-0.05, 0) is 98.0 Å². The van der Waals surface area contributed by atoms with Crippen LogP contribution < -0.4 is 14.8 Å². The minimum Gasteiger partial charge on any atom is -0.493 e. The lowest BCUT2D eigenvalue weighted by Gasteiger charge is -2.14. The lowest BCUT2D eigenvalue weighted by Crippen LogP contribution is -2.19. The monoisotopic (exact) mass is 572 g/mol. The van der Waals surface area contributed by atoms with Crippen LogP contribution in [0.15, 0.2) is 93.2 Å². The zero-order valence-corrected chi connectivity index (χ0v) is 22.9. The minimum absolute atomic E-state index is 0.180. The average molecular weight is 574 g/mol. The SMILES string of the molecule is CCc1ccc(N=C2NC(=O)/C(=C/c3cc(Br)c(OCc4ccc5ccccc5c4)c(OC)c3)S2)cc1. The second-order valence-corrected chi connectivity index (χ2v) is 10.4. The quantitative estimate of drug-likeness (QED) is 0.231. The van der Waals surface area contributed by atoms with Crippen molar-refractivity contribution in [3.8, 4) is 11.5 Å². The second kappa shape index (κ2) is 11.2. The molecular weight excluding hydrogens is 548 g/mol. The van der Waals surface area contributed by atoms with Gasteiger partial charge in [0.25, 0.3) is 5.91 Å². The van der Waals surface area contributed by atoms with E-state index < -0.39 is 0 Å². The van der Waals surface area contributed by atoms with Crippen LogP contribution in [0.4, 0.5) is 5.69 Å². The third-order valence-electron chi connectivity index (χ3n) is 5.97. The van der Waals surface area contributed by atoms with E-state index >= 15 is 0 Å². The van der Waals surface area contributed by atoms with E-state index in [2.05, 4.69) is 63.5 Å². The minimum atomic E-state index is -0.180. The maximum absolute atomic E-state index is 12.6. The van der Waals surface area contributed by atoms with Crippen molar-refractivity contribution in [3.63, 3.8) is 0 Å². The summed E-state index contributed by atoms with van der Waals surface area (Å²) in [5.74, 6) is 1.01. The molecule has 1 saturated heterocycles. The molecule has 186 valence electrons. The fraction of sp³-hybridized carbons (Fsp3) is 0.133. The van der Waals surface area contributed by atoms with Gasteiger partial charge in [0.15, 0.2) is 16.7 Å². The number of methoxy groups -OCH3 is 1. The van der Waals surface area contributed by atoms with E-state index in [-0.39, 0.29) is 5.91 Å². The van der Waals surface area contributed by atoms with Gasteiger partial charge in [-0.1, -0.05) is 55.5 Å². The second-order valence-electron chi connectivity index (χ2n) is 8.51. The van der Waals surface area contributed by atoms with Crippen molar-refractivity contribution < 1.29 is 14.3 Å². The molecule has 0 unspecified atom stereocenters. The Kier molecular flexibility index (Phi) is 7.63. The predicted molar refractivity (Wildman–Crippen MR) is 156 cm³/mol. The summed E-state index contributed by atoms with van der Waals surface area (Å²) in [4.78, 5) is 17.7. The molecular formula is C30H25BrN2O3S. The van der Waals surface area contributed by atoms with E-state index in [1.807, 2.05) is 54.6 Å². The summed E-state index contributed by atoms with van der Waals surface area (Å²) in [6, 6.07) is 26.3. The van der Waals surface area contributed by atoms with E-state index in [0.29, 0.717) is 28.2 Å². The highest BCUT2D eigenvalue weighted by molar-refractivity contribution is 9.10. The number of halogens is 1. The van der Waals surface area contributed by atoms with Gasteiger partial charge in [-0.2, -0.15) is 0 Å². The lowest BCUT2D eigenvalue weighted by molar-refractivity contribution is -0.115. The Balaban J connectivity index is 1.33. The van der Waals surface area contributed by atoms with Crippen LogP contribution in [0.25, 0.3) is 16.8 Å². The Hall–Kier alpha value is -3.55. The van der Waals surface area contributed by atoms with Crippen molar-refractivity contribution in [2.45, 2.75) is 20.0 Å². The van der Waals surface area contributed by atoms with Crippen molar-refractivity contribution in [1.82, 2.24) is 5.32 Å². The fourth-order valence-electron chi connectivity index (χ4n) is 4.00. The summed E-state index contributed by atoms with van der Waals surface area (Å²) in [5.41, 5.74) is 3.93. The largest absolute Gasteiger partial charge is 0.493 e. The topological polar surface area (TPSA) is 59.9 Å². The molecule has 7 heteroatoms. The zero-order chi connectivity index (χ0) is 25.8. The standard InChI is InChI=1S/C30H25BrN2O3S/c1-3-19-9-12-24(13-10-19)32-30-33-29(34)27(37-30)17-21-15-25(31)28(26(16-21)35-2)36-18-20-8-11-22-6-4-5-7-23(22)14-20/h4-17H,3,18H2,1-2H3,(H,32,33,34)/b27-17-. The van der Waals surface area contributed by atoms with Crippen molar-refractivity contribution in [3.05, 3.63) is 105 Å². The summed E-state index contributed by atoms with van der Waals surface area (Å²) in [6.07, 6.45) is 2.80. The van der Waals surface area contributed by atoms with Crippen LogP contribution in [0.3, 0.4) is 0 Å². The van der Waals surface area contributed by atoms with Crippen LogP contribution in [0, 0.1) is 0 Å². The van der Waals surface area contributed by atoms with Crippen molar-refractivity contribution in [2.24, 2.45) is 4.99 Å². The van der Waals surface area contributed by atoms with Gasteiger partial charge in [-0.25, -0.2) is 4.99 Å². The van der Waals surface area contributed by atoms with Gasteiger partial charge in [0.1, 0.15) is 6.61 Å². The van der Waals surface area contributed by atoms with Crippen LogP contribution in [0.1, 0.15) is 23.6 Å². The molecule has 1 aliphatic heterocycles. The molecule has 0 atom stereocenters. The van der Waals surface area contributed by atoms with Gasteiger partial charge < -0.3 is 14.8 Å². The van der Waals surface area contributed by atoms with Gasteiger partial charge in [-0.15, -0.1) is 0 Å². The summed E-state index contributed by atoms with van der Waals surface area (Å²) >= 11 is 4.93. The molecule has 5 rings (SSSR count). The highest BCUT2D eigenvalue weighted by atomic mass is 79.9. The van der Waals surface area contributed by atoms with Gasteiger partial charge in [0.2, 0.25) is 0 Å². The van der Waals surface area contributed by atoms with Crippen molar-refractivity contribution in [1.29, 1.82) is 0 Å². The molecule has 0 saturated carbocycles. The van der Waals surface area contributed by atoms with Crippen LogP contribution in [0.2, 0.25) is 0 Å². The van der Waals surface area contributed by atoms with Crippen molar-refractivity contribution >= 4 is 61.3 Å². The number of aliphatic imine (C=N–C) groups is 1. The summed E-state index contributed by atoms with van der Waals surface area (Å²) in [6.45, 7) is 2.51. The third-order valence-corrected chi connectivity index (χ3v) is 7.47. The van der Waals surface area contributed by atoms with Crippen LogP contribution in [-0.4, -0.2) is 18.2 Å². The molecule has 0 aromatic heterocycles. The van der Waals surface area contributed by atoms with E-state index in [0.717, 1.165) is 27.7 Å². The number of nitrogens with one attached hydrogen (secondary N) is 1. The lowest BCUT2D eigenvalue weighted by atomic mass is 10.1. The molecule has 1 fully saturated rings. The van der Waals surface area contributed by atoms with E-state index in [1.54, 1.807) is 7.11 Å². The number of rotatable bonds is 7. The number of hydrogen-bond acceptors (Lipinski definition) is 5. The molecule has 1 N–H and O–H groups in total. The van der Waals surface area contributed by atoms with Crippen LogP contribution in [-0.2, 0) is 17.8 Å². The van der Waals surface area contributed by atoms with Gasteiger partial charge in [0, 0.05) is 0 Å². The molecule has 4 aromatic rings. The molecule has 1 heterocycles. The third kappa shape index (κ3) is 5.89. The summed E-state index contributed by atoms with van der Waals surface area (Å²) < 4.78 is 12.5. The number of amides is 1. The molecule has 1 amide bonds. The number of thioether (sulfide) groups is 1. The highest BCUT2D eigenvalue weighted by Crippen LogP contribution is 2.39. The molecule has 37 heavy (non-hydrogen) atoms. The van der Waals surface area contributed by atoms with E-state index in [4.69, 9.17) is 9.47 Å². The first kappa shape index (κ1) is 25.1. The normalized spacial score (nSPS) is 15.4. The number of amidine groups is 1. The predicted octanol–water partition coefficient (Wildman–Crippen LogP) is 7.64. The first-order chi connectivity index (χ1) is 18.0. The molecule has 0 bridgehead atoms. The average Bonchev–Trinajstić information content (AvgIpc) is 3.26. The maximum atomic E-state index is 12.6. The number of carbonyl (C=O) groups excluding carboxylic acids is 1. The molecule has 0 spiro atoms. The smallest absolute Gasteiger partial charge is 0.264 e. The summed E-state index contributed by atoms with van der Waals surface area (Å²) in [7, 11) is 1.60. The highest BCUT2D eigenvalue weighted by Gasteiger charge is 2.24. The molecule has 0 radical (unpaired) electrons. The molecule has 0 aliphatic carbocycles. The fourth-order valence-corrected chi connectivity index (χ4v) is 5.42. The Bertz CT molecular complexity index is 1530. The molecule has 4 aromatic carbocycles. The Morgan fingerprint density at radius 3 is 2.49 bits per heavy atom. The first-order valence-electron chi connectivity index (χ1n) is 11.9. The number of fused-ring (bicyclic) bond motifs is 1. The van der Waals surface area contributed by atoms with E-state index in [9.17, 15) is 4.79 Å². The van der Waals surface area contributed by atoms with Gasteiger partial charge in [0.05, 0.1) is 22.2 Å². The number of hydrogen-bond donors (Lipinski definition) is 1. The van der Waals surface area contributed by atoms with Gasteiger partial charge >= 0.3 is 0 Å². The Morgan fingerprint density at radius 1 is 0.973 bits per heavy atom. The van der Waals surface area contributed by atoms with Crippen molar-refractivity contribution in [2.75, 3.05) is 7.11 Å². The first-order valence-corrected chi connectivity index (χ1v) is 13.5. The van der Waals surface area contributed by atoms with Crippen LogP contribution >= 0.6 is 27.7 Å². The van der Waals surface area contributed by atoms with E-state index in [1.165, 1.54) is 28.1 Å².